The zero-order chi connectivity index (χ0) is 17.5. The molecular weight excluding hydrogens is 325 g/mol. The third kappa shape index (κ3) is 3.17. The van der Waals surface area contributed by atoms with E-state index in [1.54, 1.807) is 4.90 Å². The SMILES string of the molecule is C[C@H]1CN(c2ncc(C(F)(F)F)cn2)CC[C@H]1N1CC[C@@H](O)C1=O. The Balaban J connectivity index is 1.66. The molecule has 1 N–H and O–H groups in total. The summed E-state index contributed by atoms with van der Waals surface area (Å²) in [5.74, 6) is 0.144. The largest absolute Gasteiger partial charge is 0.419 e. The highest BCUT2D eigenvalue weighted by Crippen LogP contribution is 2.30. The topological polar surface area (TPSA) is 69.6 Å². The third-order valence-electron chi connectivity index (χ3n) is 4.72. The lowest BCUT2D eigenvalue weighted by Gasteiger charge is -2.41. The van der Waals surface area contributed by atoms with Crippen LogP contribution in [-0.2, 0) is 11.0 Å². The van der Waals surface area contributed by atoms with Crippen molar-refractivity contribution in [2.75, 3.05) is 24.5 Å². The molecule has 0 unspecified atom stereocenters. The molecule has 24 heavy (non-hydrogen) atoms. The fourth-order valence-electron chi connectivity index (χ4n) is 3.42. The molecule has 6 nitrogen and oxygen atoms in total. The second-order valence-corrected chi connectivity index (χ2v) is 6.38. The predicted octanol–water partition coefficient (Wildman–Crippen LogP) is 1.30. The van der Waals surface area contributed by atoms with Gasteiger partial charge in [-0.25, -0.2) is 9.97 Å². The molecule has 0 aliphatic carbocycles. The summed E-state index contributed by atoms with van der Waals surface area (Å²) in [6, 6.07) is 0.0281. The van der Waals surface area contributed by atoms with E-state index in [4.69, 9.17) is 0 Å². The number of aliphatic hydroxyl groups is 1. The van der Waals surface area contributed by atoms with Gasteiger partial charge in [-0.15, -0.1) is 0 Å². The van der Waals surface area contributed by atoms with E-state index >= 15 is 0 Å². The molecule has 3 rings (SSSR count). The minimum atomic E-state index is -4.45. The van der Waals surface area contributed by atoms with E-state index in [-0.39, 0.29) is 23.8 Å². The van der Waals surface area contributed by atoms with Gasteiger partial charge in [0.1, 0.15) is 6.10 Å². The van der Waals surface area contributed by atoms with Crippen LogP contribution in [0.25, 0.3) is 0 Å². The average molecular weight is 344 g/mol. The van der Waals surface area contributed by atoms with Gasteiger partial charge in [0.2, 0.25) is 5.95 Å². The number of aliphatic hydroxyl groups excluding tert-OH is 1. The zero-order valence-electron chi connectivity index (χ0n) is 13.2. The summed E-state index contributed by atoms with van der Waals surface area (Å²) >= 11 is 0. The maximum Gasteiger partial charge on any atom is 0.419 e. The van der Waals surface area contributed by atoms with Gasteiger partial charge in [0.05, 0.1) is 5.56 Å². The van der Waals surface area contributed by atoms with Gasteiger partial charge >= 0.3 is 6.18 Å². The maximum atomic E-state index is 12.6. The van der Waals surface area contributed by atoms with Gasteiger partial charge in [-0.2, -0.15) is 13.2 Å². The highest BCUT2D eigenvalue weighted by molar-refractivity contribution is 5.83. The molecule has 3 heterocycles. The number of hydrogen-bond donors (Lipinski definition) is 1. The van der Waals surface area contributed by atoms with Crippen molar-refractivity contribution < 1.29 is 23.1 Å². The summed E-state index contributed by atoms with van der Waals surface area (Å²) in [4.78, 5) is 23.2. The van der Waals surface area contributed by atoms with E-state index < -0.39 is 17.8 Å². The number of carbonyl (C=O) groups excluding carboxylic acids is 1. The molecule has 2 aliphatic heterocycles. The summed E-state index contributed by atoms with van der Waals surface area (Å²) in [6.07, 6.45) is -2.65. The van der Waals surface area contributed by atoms with Gasteiger partial charge in [-0.05, 0) is 18.8 Å². The third-order valence-corrected chi connectivity index (χ3v) is 4.72. The number of anilines is 1. The van der Waals surface area contributed by atoms with Crippen molar-refractivity contribution in [3.05, 3.63) is 18.0 Å². The van der Waals surface area contributed by atoms with Crippen LogP contribution in [0.5, 0.6) is 0 Å². The molecule has 2 aliphatic rings. The van der Waals surface area contributed by atoms with Gasteiger partial charge in [-0.3, -0.25) is 4.79 Å². The second kappa shape index (κ2) is 6.19. The lowest BCUT2D eigenvalue weighted by atomic mass is 9.92. The number of likely N-dealkylation sites (tertiary alicyclic amines) is 1. The molecule has 0 spiro atoms. The van der Waals surface area contributed by atoms with Crippen LogP contribution in [-0.4, -0.2) is 57.7 Å². The molecule has 1 amide bonds. The van der Waals surface area contributed by atoms with E-state index in [0.717, 1.165) is 12.4 Å². The van der Waals surface area contributed by atoms with Crippen LogP contribution >= 0.6 is 0 Å². The van der Waals surface area contributed by atoms with Gasteiger partial charge in [0.15, 0.2) is 0 Å². The highest BCUT2D eigenvalue weighted by Gasteiger charge is 2.39. The normalized spacial score (nSPS) is 28.5. The van der Waals surface area contributed by atoms with Gasteiger partial charge in [0, 0.05) is 38.1 Å². The number of piperidine rings is 1. The first kappa shape index (κ1) is 16.9. The Labute approximate surface area is 137 Å². The Hall–Kier alpha value is -1.90. The predicted molar refractivity (Wildman–Crippen MR) is 79.2 cm³/mol. The summed E-state index contributed by atoms with van der Waals surface area (Å²) in [6.45, 7) is 3.64. The molecule has 132 valence electrons. The minimum absolute atomic E-state index is 0.0281. The van der Waals surface area contributed by atoms with Gasteiger partial charge in [-0.1, -0.05) is 6.92 Å². The Bertz CT molecular complexity index is 608. The fourth-order valence-corrected chi connectivity index (χ4v) is 3.42. The summed E-state index contributed by atoms with van der Waals surface area (Å²) in [7, 11) is 0. The lowest BCUT2D eigenvalue weighted by molar-refractivity contribution is -0.138. The van der Waals surface area contributed by atoms with Crippen molar-refractivity contribution in [2.45, 2.75) is 38.1 Å². The van der Waals surface area contributed by atoms with Gasteiger partial charge < -0.3 is 14.9 Å². The van der Waals surface area contributed by atoms with E-state index in [2.05, 4.69) is 9.97 Å². The summed E-state index contributed by atoms with van der Waals surface area (Å²) in [5, 5.41) is 9.59. The summed E-state index contributed by atoms with van der Waals surface area (Å²) < 4.78 is 37.7. The maximum absolute atomic E-state index is 12.6. The number of aromatic nitrogens is 2. The van der Waals surface area contributed by atoms with Crippen molar-refractivity contribution >= 4 is 11.9 Å². The number of hydrogen-bond acceptors (Lipinski definition) is 5. The van der Waals surface area contributed by atoms with Crippen LogP contribution in [0.4, 0.5) is 19.1 Å². The van der Waals surface area contributed by atoms with Crippen LogP contribution in [0.3, 0.4) is 0 Å². The Kier molecular flexibility index (Phi) is 4.37. The molecule has 1 aromatic heterocycles. The first-order chi connectivity index (χ1) is 11.3. The Morgan fingerprint density at radius 3 is 2.38 bits per heavy atom. The standard InChI is InChI=1S/C15H19F3N4O2/c1-9-8-21(14-19-6-10(7-20-14)15(16,17)18)4-2-11(9)22-5-3-12(23)13(22)24/h6-7,9,11-12,23H,2-5,8H2,1H3/t9-,11+,12+/m0/s1. The fraction of sp³-hybridized carbons (Fsp3) is 0.667. The molecule has 3 atom stereocenters. The first-order valence-electron chi connectivity index (χ1n) is 7.90. The van der Waals surface area contributed by atoms with Crippen molar-refractivity contribution in [3.63, 3.8) is 0 Å². The van der Waals surface area contributed by atoms with Gasteiger partial charge in [0.25, 0.3) is 5.91 Å². The molecule has 0 saturated carbocycles. The highest BCUT2D eigenvalue weighted by atomic mass is 19.4. The number of alkyl halides is 3. The van der Waals surface area contributed by atoms with Crippen molar-refractivity contribution in [1.29, 1.82) is 0 Å². The zero-order valence-corrected chi connectivity index (χ0v) is 13.2. The molecule has 0 aromatic carbocycles. The van der Waals surface area contributed by atoms with E-state index in [0.29, 0.717) is 32.5 Å². The first-order valence-corrected chi connectivity index (χ1v) is 7.90. The van der Waals surface area contributed by atoms with Crippen molar-refractivity contribution in [1.82, 2.24) is 14.9 Å². The minimum Gasteiger partial charge on any atom is -0.383 e. The number of amides is 1. The quantitative estimate of drug-likeness (QED) is 0.876. The number of halogens is 3. The van der Waals surface area contributed by atoms with Crippen molar-refractivity contribution in [2.24, 2.45) is 5.92 Å². The monoisotopic (exact) mass is 344 g/mol. The van der Waals surface area contributed by atoms with Crippen LogP contribution in [0.1, 0.15) is 25.3 Å². The number of carbonyl (C=O) groups is 1. The van der Waals surface area contributed by atoms with Crippen LogP contribution in [0, 0.1) is 5.92 Å². The second-order valence-electron chi connectivity index (χ2n) is 6.38. The van der Waals surface area contributed by atoms with E-state index in [9.17, 15) is 23.1 Å². The Morgan fingerprint density at radius 2 is 1.88 bits per heavy atom. The average Bonchev–Trinajstić information content (AvgIpc) is 2.86. The van der Waals surface area contributed by atoms with E-state index in [1.165, 1.54) is 0 Å². The molecule has 1 aromatic rings. The van der Waals surface area contributed by atoms with Crippen LogP contribution in [0.15, 0.2) is 12.4 Å². The molecule has 0 radical (unpaired) electrons. The molecule has 9 heteroatoms. The smallest absolute Gasteiger partial charge is 0.383 e. The lowest BCUT2D eigenvalue weighted by Crippen LogP contribution is -2.51. The summed E-state index contributed by atoms with van der Waals surface area (Å²) in [5.41, 5.74) is -0.870. The number of nitrogens with zero attached hydrogens (tertiary/aromatic N) is 4. The molecule has 0 bridgehead atoms. The van der Waals surface area contributed by atoms with Crippen LogP contribution < -0.4 is 4.90 Å². The number of rotatable bonds is 2. The van der Waals surface area contributed by atoms with Crippen LogP contribution in [0.2, 0.25) is 0 Å². The Morgan fingerprint density at radius 1 is 1.21 bits per heavy atom. The molecular formula is C15H19F3N4O2. The van der Waals surface area contributed by atoms with Crippen molar-refractivity contribution in [3.8, 4) is 0 Å². The molecule has 2 saturated heterocycles. The van der Waals surface area contributed by atoms with E-state index in [1.807, 2.05) is 11.8 Å². The molecule has 2 fully saturated rings.